The third-order valence-electron chi connectivity index (χ3n) is 3.68. The van der Waals surface area contributed by atoms with Gasteiger partial charge in [-0.1, -0.05) is 25.1 Å². The molecule has 0 fully saturated rings. The average Bonchev–Trinajstić information content (AvgIpc) is 2.83. The Balaban J connectivity index is 1.64. The number of ether oxygens (including phenoxy) is 1. The molecule has 0 bridgehead atoms. The predicted molar refractivity (Wildman–Crippen MR) is 87.8 cm³/mol. The number of thiophene rings is 1. The number of para-hydroxylation sites is 1. The SMILES string of the molecule is CCNCc1ccc(CN2CCOc3ccccc3C2)s1. The van der Waals surface area contributed by atoms with Crippen LogP contribution in [-0.4, -0.2) is 24.6 Å². The van der Waals surface area contributed by atoms with Crippen LogP contribution in [0.15, 0.2) is 36.4 Å². The first-order valence-electron chi connectivity index (χ1n) is 7.56. The molecule has 1 aliphatic rings. The molecule has 2 aromatic rings. The van der Waals surface area contributed by atoms with E-state index in [1.807, 2.05) is 17.4 Å². The molecule has 0 spiro atoms. The second-order valence-electron chi connectivity index (χ2n) is 5.32. The average molecular weight is 302 g/mol. The number of benzene rings is 1. The Bertz CT molecular complexity index is 582. The molecule has 1 aromatic carbocycles. The Kier molecular flexibility index (Phi) is 4.91. The maximum Gasteiger partial charge on any atom is 0.123 e. The van der Waals surface area contributed by atoms with Crippen molar-refractivity contribution in [2.75, 3.05) is 19.7 Å². The minimum absolute atomic E-state index is 0.770. The molecule has 2 heterocycles. The van der Waals surface area contributed by atoms with E-state index in [2.05, 4.69) is 47.5 Å². The molecule has 3 rings (SSSR count). The van der Waals surface area contributed by atoms with Gasteiger partial charge in [-0.25, -0.2) is 0 Å². The van der Waals surface area contributed by atoms with E-state index in [1.54, 1.807) is 0 Å². The number of rotatable bonds is 5. The van der Waals surface area contributed by atoms with E-state index >= 15 is 0 Å². The van der Waals surface area contributed by atoms with Crippen molar-refractivity contribution in [1.29, 1.82) is 0 Å². The first kappa shape index (κ1) is 14.6. The van der Waals surface area contributed by atoms with Gasteiger partial charge in [0.1, 0.15) is 12.4 Å². The highest BCUT2D eigenvalue weighted by Crippen LogP contribution is 2.25. The zero-order chi connectivity index (χ0) is 14.5. The van der Waals surface area contributed by atoms with E-state index < -0.39 is 0 Å². The first-order valence-corrected chi connectivity index (χ1v) is 8.38. The zero-order valence-corrected chi connectivity index (χ0v) is 13.3. The maximum absolute atomic E-state index is 5.83. The van der Waals surface area contributed by atoms with Gasteiger partial charge in [0, 0.05) is 41.5 Å². The summed E-state index contributed by atoms with van der Waals surface area (Å²) in [6.07, 6.45) is 0. The van der Waals surface area contributed by atoms with E-state index in [4.69, 9.17) is 4.74 Å². The second kappa shape index (κ2) is 7.07. The lowest BCUT2D eigenvalue weighted by Gasteiger charge is -2.18. The molecule has 0 amide bonds. The monoisotopic (exact) mass is 302 g/mol. The topological polar surface area (TPSA) is 24.5 Å². The molecular formula is C17H22N2OS. The second-order valence-corrected chi connectivity index (χ2v) is 6.57. The van der Waals surface area contributed by atoms with E-state index in [1.165, 1.54) is 15.3 Å². The lowest BCUT2D eigenvalue weighted by Crippen LogP contribution is -2.24. The first-order chi connectivity index (χ1) is 10.3. The number of fused-ring (bicyclic) bond motifs is 1. The highest BCUT2D eigenvalue weighted by molar-refractivity contribution is 7.11. The molecule has 0 aliphatic carbocycles. The molecule has 0 radical (unpaired) electrons. The molecule has 0 atom stereocenters. The lowest BCUT2D eigenvalue weighted by molar-refractivity contribution is 0.221. The number of nitrogens with zero attached hydrogens (tertiary/aromatic N) is 1. The van der Waals surface area contributed by atoms with Crippen molar-refractivity contribution >= 4 is 11.3 Å². The van der Waals surface area contributed by atoms with E-state index in [0.717, 1.165) is 45.1 Å². The van der Waals surface area contributed by atoms with E-state index in [-0.39, 0.29) is 0 Å². The molecule has 1 aromatic heterocycles. The van der Waals surface area contributed by atoms with Crippen LogP contribution in [-0.2, 0) is 19.6 Å². The van der Waals surface area contributed by atoms with Crippen LogP contribution >= 0.6 is 11.3 Å². The summed E-state index contributed by atoms with van der Waals surface area (Å²) >= 11 is 1.91. The van der Waals surface area contributed by atoms with Crippen LogP contribution in [0.4, 0.5) is 0 Å². The molecule has 1 N–H and O–H groups in total. The van der Waals surface area contributed by atoms with E-state index in [9.17, 15) is 0 Å². The summed E-state index contributed by atoms with van der Waals surface area (Å²) in [5.41, 5.74) is 1.29. The summed E-state index contributed by atoms with van der Waals surface area (Å²) in [6.45, 7) is 7.87. The Hall–Kier alpha value is -1.36. The number of hydrogen-bond acceptors (Lipinski definition) is 4. The normalized spacial score (nSPS) is 15.3. The molecule has 4 heteroatoms. The zero-order valence-electron chi connectivity index (χ0n) is 12.5. The van der Waals surface area contributed by atoms with Gasteiger partial charge in [0.05, 0.1) is 0 Å². The van der Waals surface area contributed by atoms with Crippen LogP contribution in [0.5, 0.6) is 5.75 Å². The molecule has 1 aliphatic heterocycles. The number of nitrogens with one attached hydrogen (secondary N) is 1. The Morgan fingerprint density at radius 3 is 2.95 bits per heavy atom. The summed E-state index contributed by atoms with van der Waals surface area (Å²) in [5.74, 6) is 1.04. The molecule has 3 nitrogen and oxygen atoms in total. The van der Waals surface area contributed by atoms with Crippen molar-refractivity contribution in [3.8, 4) is 5.75 Å². The maximum atomic E-state index is 5.83. The molecule has 0 saturated carbocycles. The predicted octanol–water partition coefficient (Wildman–Crippen LogP) is 3.25. The van der Waals surface area contributed by atoms with Crippen molar-refractivity contribution in [1.82, 2.24) is 10.2 Å². The summed E-state index contributed by atoms with van der Waals surface area (Å²) in [5, 5.41) is 3.38. The standard InChI is InChI=1S/C17H22N2OS/c1-2-18-11-15-7-8-16(21-15)13-19-9-10-20-17-6-4-3-5-14(17)12-19/h3-8,18H,2,9-13H2,1H3. The van der Waals surface area contributed by atoms with Gasteiger partial charge in [-0.05, 0) is 24.7 Å². The fourth-order valence-corrected chi connectivity index (χ4v) is 3.62. The Labute approximate surface area is 130 Å². The summed E-state index contributed by atoms with van der Waals surface area (Å²) in [6, 6.07) is 12.9. The van der Waals surface area contributed by atoms with Crippen LogP contribution in [0.3, 0.4) is 0 Å². The van der Waals surface area contributed by atoms with Crippen LogP contribution in [0.1, 0.15) is 22.2 Å². The van der Waals surface area contributed by atoms with Crippen LogP contribution in [0.2, 0.25) is 0 Å². The number of hydrogen-bond donors (Lipinski definition) is 1. The van der Waals surface area contributed by atoms with Gasteiger partial charge >= 0.3 is 0 Å². The van der Waals surface area contributed by atoms with Crippen molar-refractivity contribution in [3.63, 3.8) is 0 Å². The molecular weight excluding hydrogens is 280 g/mol. The lowest BCUT2D eigenvalue weighted by atomic mass is 10.2. The molecule has 0 unspecified atom stereocenters. The van der Waals surface area contributed by atoms with Gasteiger partial charge in [0.15, 0.2) is 0 Å². The highest BCUT2D eigenvalue weighted by Gasteiger charge is 2.15. The van der Waals surface area contributed by atoms with Crippen LogP contribution < -0.4 is 10.1 Å². The summed E-state index contributed by atoms with van der Waals surface area (Å²) < 4.78 is 5.83. The highest BCUT2D eigenvalue weighted by atomic mass is 32.1. The van der Waals surface area contributed by atoms with Gasteiger partial charge in [-0.2, -0.15) is 0 Å². The van der Waals surface area contributed by atoms with Crippen molar-refractivity contribution < 1.29 is 4.74 Å². The quantitative estimate of drug-likeness (QED) is 0.917. The summed E-state index contributed by atoms with van der Waals surface area (Å²) in [4.78, 5) is 5.31. The largest absolute Gasteiger partial charge is 0.492 e. The molecule has 112 valence electrons. The van der Waals surface area contributed by atoms with Crippen molar-refractivity contribution in [3.05, 3.63) is 51.7 Å². The van der Waals surface area contributed by atoms with Gasteiger partial charge < -0.3 is 10.1 Å². The van der Waals surface area contributed by atoms with Gasteiger partial charge in [-0.15, -0.1) is 11.3 Å². The molecule has 21 heavy (non-hydrogen) atoms. The van der Waals surface area contributed by atoms with Crippen molar-refractivity contribution in [2.45, 2.75) is 26.6 Å². The fraction of sp³-hybridized carbons (Fsp3) is 0.412. The van der Waals surface area contributed by atoms with E-state index in [0.29, 0.717) is 0 Å². The van der Waals surface area contributed by atoms with Crippen LogP contribution in [0.25, 0.3) is 0 Å². The fourth-order valence-electron chi connectivity index (χ4n) is 2.59. The minimum Gasteiger partial charge on any atom is -0.492 e. The van der Waals surface area contributed by atoms with Crippen LogP contribution in [0, 0.1) is 0 Å². The third-order valence-corrected chi connectivity index (χ3v) is 4.75. The summed E-state index contributed by atoms with van der Waals surface area (Å²) in [7, 11) is 0. The van der Waals surface area contributed by atoms with Gasteiger partial charge in [0.2, 0.25) is 0 Å². The Morgan fingerprint density at radius 1 is 1.19 bits per heavy atom. The van der Waals surface area contributed by atoms with Gasteiger partial charge in [0.25, 0.3) is 0 Å². The van der Waals surface area contributed by atoms with Crippen molar-refractivity contribution in [2.24, 2.45) is 0 Å². The minimum atomic E-state index is 0.770. The smallest absolute Gasteiger partial charge is 0.123 e. The molecule has 0 saturated heterocycles. The van der Waals surface area contributed by atoms with Gasteiger partial charge in [-0.3, -0.25) is 4.90 Å². The Morgan fingerprint density at radius 2 is 2.05 bits per heavy atom. The third kappa shape index (κ3) is 3.84.